The van der Waals surface area contributed by atoms with E-state index in [2.05, 4.69) is 5.10 Å². The summed E-state index contributed by atoms with van der Waals surface area (Å²) in [6.07, 6.45) is 1.38. The summed E-state index contributed by atoms with van der Waals surface area (Å²) >= 11 is 0. The number of nitrogens with zero attached hydrogens (tertiary/aromatic N) is 3. The molecule has 0 aliphatic heterocycles. The molecule has 3 rings (SSSR count). The maximum Gasteiger partial charge on any atom is 0.380 e. The van der Waals surface area contributed by atoms with E-state index in [4.69, 9.17) is 9.15 Å². The van der Waals surface area contributed by atoms with Gasteiger partial charge in [0, 0.05) is 18.2 Å². The third-order valence-corrected chi connectivity index (χ3v) is 3.51. The van der Waals surface area contributed by atoms with Gasteiger partial charge in [0.05, 0.1) is 22.6 Å². The van der Waals surface area contributed by atoms with Gasteiger partial charge in [-0.3, -0.25) is 10.1 Å². The van der Waals surface area contributed by atoms with E-state index in [-0.39, 0.29) is 23.2 Å². The molecular weight excluding hydrogens is 326 g/mol. The Bertz CT molecular complexity index is 895. The average Bonchev–Trinajstić information content (AvgIpc) is 3.25. The van der Waals surface area contributed by atoms with E-state index in [1.54, 1.807) is 24.3 Å². The van der Waals surface area contributed by atoms with Crippen LogP contribution in [0.3, 0.4) is 0 Å². The SMILES string of the molecule is CC(C)c1cc(OC(=O)c2ccco2)n(-c2ccc([N+](=O)[O-])cc2)n1. The summed E-state index contributed by atoms with van der Waals surface area (Å²) in [7, 11) is 0. The summed E-state index contributed by atoms with van der Waals surface area (Å²) in [6.45, 7) is 3.92. The highest BCUT2D eigenvalue weighted by Crippen LogP contribution is 2.25. The van der Waals surface area contributed by atoms with Gasteiger partial charge in [-0.2, -0.15) is 5.10 Å². The maximum absolute atomic E-state index is 12.1. The molecule has 0 N–H and O–H groups in total. The number of benzene rings is 1. The summed E-state index contributed by atoms with van der Waals surface area (Å²) in [5.74, 6) is -0.259. The van der Waals surface area contributed by atoms with Crippen LogP contribution in [0.5, 0.6) is 5.88 Å². The molecule has 3 aromatic rings. The minimum absolute atomic E-state index is 0.0332. The second-order valence-electron chi connectivity index (χ2n) is 5.61. The molecule has 0 fully saturated rings. The number of carbonyl (C=O) groups excluding carboxylic acids is 1. The van der Waals surface area contributed by atoms with Crippen LogP contribution >= 0.6 is 0 Å². The Balaban J connectivity index is 1.97. The monoisotopic (exact) mass is 341 g/mol. The zero-order valence-corrected chi connectivity index (χ0v) is 13.6. The molecule has 2 heterocycles. The molecule has 0 atom stereocenters. The minimum atomic E-state index is -0.650. The van der Waals surface area contributed by atoms with Gasteiger partial charge >= 0.3 is 5.97 Å². The number of ether oxygens (including phenoxy) is 1. The Hall–Kier alpha value is -3.42. The number of nitro benzene ring substituents is 1. The minimum Gasteiger partial charge on any atom is -0.457 e. The molecule has 8 heteroatoms. The number of carbonyl (C=O) groups is 1. The van der Waals surface area contributed by atoms with Gasteiger partial charge in [0.15, 0.2) is 0 Å². The Morgan fingerprint density at radius 1 is 1.28 bits per heavy atom. The van der Waals surface area contributed by atoms with Crippen molar-refractivity contribution in [2.45, 2.75) is 19.8 Å². The molecule has 25 heavy (non-hydrogen) atoms. The van der Waals surface area contributed by atoms with Crippen LogP contribution in [-0.2, 0) is 0 Å². The fourth-order valence-electron chi connectivity index (χ4n) is 2.18. The average molecular weight is 341 g/mol. The second-order valence-corrected chi connectivity index (χ2v) is 5.61. The van der Waals surface area contributed by atoms with Crippen molar-refractivity contribution in [2.75, 3.05) is 0 Å². The zero-order valence-electron chi connectivity index (χ0n) is 13.6. The topological polar surface area (TPSA) is 100 Å². The predicted molar refractivity (Wildman–Crippen MR) is 88.0 cm³/mol. The van der Waals surface area contributed by atoms with Crippen LogP contribution in [0.25, 0.3) is 5.69 Å². The quantitative estimate of drug-likeness (QED) is 0.398. The molecule has 0 bridgehead atoms. The van der Waals surface area contributed by atoms with Gasteiger partial charge in [-0.05, 0) is 30.2 Å². The van der Waals surface area contributed by atoms with Gasteiger partial charge in [-0.15, -0.1) is 0 Å². The van der Waals surface area contributed by atoms with Crippen LogP contribution in [0, 0.1) is 10.1 Å². The number of hydrogen-bond donors (Lipinski definition) is 0. The largest absolute Gasteiger partial charge is 0.457 e. The molecule has 0 spiro atoms. The Morgan fingerprint density at radius 3 is 2.56 bits per heavy atom. The number of rotatable bonds is 5. The van der Waals surface area contributed by atoms with Crippen LogP contribution in [0.15, 0.2) is 53.1 Å². The van der Waals surface area contributed by atoms with Gasteiger partial charge < -0.3 is 9.15 Å². The molecule has 8 nitrogen and oxygen atoms in total. The molecule has 0 saturated heterocycles. The fourth-order valence-corrected chi connectivity index (χ4v) is 2.18. The first-order chi connectivity index (χ1) is 12.0. The first kappa shape index (κ1) is 16.4. The number of aromatic nitrogens is 2. The van der Waals surface area contributed by atoms with Gasteiger partial charge in [-0.1, -0.05) is 13.8 Å². The second kappa shape index (κ2) is 6.60. The lowest BCUT2D eigenvalue weighted by molar-refractivity contribution is -0.384. The molecule has 0 saturated carbocycles. The van der Waals surface area contributed by atoms with Crippen LogP contribution in [-0.4, -0.2) is 20.7 Å². The van der Waals surface area contributed by atoms with Crippen molar-refractivity contribution in [3.8, 4) is 11.6 Å². The van der Waals surface area contributed by atoms with Crippen molar-refractivity contribution in [1.29, 1.82) is 0 Å². The fraction of sp³-hybridized carbons (Fsp3) is 0.176. The number of hydrogen-bond acceptors (Lipinski definition) is 6. The van der Waals surface area contributed by atoms with Gasteiger partial charge in [0.25, 0.3) is 5.69 Å². The number of furan rings is 1. The predicted octanol–water partition coefficient (Wildman–Crippen LogP) is 3.72. The van der Waals surface area contributed by atoms with Crippen molar-refractivity contribution >= 4 is 11.7 Å². The third kappa shape index (κ3) is 3.42. The highest BCUT2D eigenvalue weighted by Gasteiger charge is 2.19. The molecule has 128 valence electrons. The Morgan fingerprint density at radius 2 is 2.00 bits per heavy atom. The lowest BCUT2D eigenvalue weighted by Gasteiger charge is -2.06. The van der Waals surface area contributed by atoms with Gasteiger partial charge in [0.1, 0.15) is 0 Å². The molecule has 0 radical (unpaired) electrons. The van der Waals surface area contributed by atoms with Crippen molar-refractivity contribution < 1.29 is 18.9 Å². The number of esters is 1. The zero-order chi connectivity index (χ0) is 18.0. The first-order valence-corrected chi connectivity index (χ1v) is 7.56. The molecule has 1 aromatic carbocycles. The van der Waals surface area contributed by atoms with E-state index in [1.165, 1.54) is 29.1 Å². The summed E-state index contributed by atoms with van der Waals surface area (Å²) in [5.41, 5.74) is 1.23. The van der Waals surface area contributed by atoms with Crippen molar-refractivity contribution in [3.05, 3.63) is 70.3 Å². The first-order valence-electron chi connectivity index (χ1n) is 7.56. The summed E-state index contributed by atoms with van der Waals surface area (Å²) < 4.78 is 11.8. The Labute approximate surface area is 142 Å². The van der Waals surface area contributed by atoms with Crippen molar-refractivity contribution in [3.63, 3.8) is 0 Å². The van der Waals surface area contributed by atoms with E-state index >= 15 is 0 Å². The Kier molecular flexibility index (Phi) is 4.34. The number of nitro groups is 1. The molecule has 0 unspecified atom stereocenters. The van der Waals surface area contributed by atoms with E-state index in [0.29, 0.717) is 5.69 Å². The standard InChI is InChI=1S/C17H15N3O5/c1-11(2)14-10-16(25-17(21)15-4-3-9-24-15)19(18-14)12-5-7-13(8-6-12)20(22)23/h3-11H,1-2H3. The number of non-ortho nitro benzene ring substituents is 1. The lowest BCUT2D eigenvalue weighted by atomic mass is 10.1. The van der Waals surface area contributed by atoms with Gasteiger partial charge in [-0.25, -0.2) is 9.48 Å². The normalized spacial score (nSPS) is 10.8. The van der Waals surface area contributed by atoms with E-state index in [1.807, 2.05) is 13.8 Å². The van der Waals surface area contributed by atoms with Crippen LogP contribution in [0.4, 0.5) is 5.69 Å². The molecule has 2 aromatic heterocycles. The highest BCUT2D eigenvalue weighted by molar-refractivity contribution is 5.87. The lowest BCUT2D eigenvalue weighted by Crippen LogP contribution is -2.11. The van der Waals surface area contributed by atoms with Crippen molar-refractivity contribution in [1.82, 2.24) is 9.78 Å². The highest BCUT2D eigenvalue weighted by atomic mass is 16.6. The van der Waals surface area contributed by atoms with Crippen LogP contribution in [0.1, 0.15) is 36.0 Å². The summed E-state index contributed by atoms with van der Waals surface area (Å²) in [5, 5.41) is 15.2. The third-order valence-electron chi connectivity index (χ3n) is 3.51. The van der Waals surface area contributed by atoms with E-state index < -0.39 is 10.9 Å². The van der Waals surface area contributed by atoms with Crippen molar-refractivity contribution in [2.24, 2.45) is 0 Å². The summed E-state index contributed by atoms with van der Waals surface area (Å²) in [6, 6.07) is 10.6. The molecule has 0 aliphatic carbocycles. The van der Waals surface area contributed by atoms with Crippen LogP contribution in [0.2, 0.25) is 0 Å². The van der Waals surface area contributed by atoms with E-state index in [9.17, 15) is 14.9 Å². The summed E-state index contributed by atoms with van der Waals surface area (Å²) in [4.78, 5) is 22.4. The van der Waals surface area contributed by atoms with E-state index in [0.717, 1.165) is 5.69 Å². The molecule has 0 amide bonds. The smallest absolute Gasteiger partial charge is 0.380 e. The van der Waals surface area contributed by atoms with Crippen LogP contribution < -0.4 is 4.74 Å². The van der Waals surface area contributed by atoms with Gasteiger partial charge in [0.2, 0.25) is 11.6 Å². The molecular formula is C17H15N3O5. The molecule has 0 aliphatic rings. The maximum atomic E-state index is 12.1.